The SMILES string of the molecule is O=C1NCCO1.S=C1NCCS1. The lowest BCUT2D eigenvalue weighted by Gasteiger charge is -1.82. The first-order valence-electron chi connectivity index (χ1n) is 3.60. The number of hydrogen-bond donors (Lipinski definition) is 2. The second-order valence-electron chi connectivity index (χ2n) is 2.13. The van der Waals surface area contributed by atoms with Crippen molar-refractivity contribution in [2.75, 3.05) is 25.4 Å². The molecular formula is C6H10N2O2S2. The van der Waals surface area contributed by atoms with Crippen LogP contribution in [0.25, 0.3) is 0 Å². The minimum atomic E-state index is -0.296. The number of thioether (sulfide) groups is 1. The normalized spacial score (nSPS) is 20.3. The summed E-state index contributed by atoms with van der Waals surface area (Å²) in [7, 11) is 0. The van der Waals surface area contributed by atoms with Crippen molar-refractivity contribution in [3.63, 3.8) is 0 Å². The molecule has 6 heteroatoms. The van der Waals surface area contributed by atoms with Crippen LogP contribution in [0.3, 0.4) is 0 Å². The van der Waals surface area contributed by atoms with Crippen LogP contribution in [0.15, 0.2) is 0 Å². The third-order valence-electron chi connectivity index (χ3n) is 1.21. The van der Waals surface area contributed by atoms with Crippen LogP contribution in [0, 0.1) is 0 Å². The van der Waals surface area contributed by atoms with E-state index in [1.54, 1.807) is 11.8 Å². The molecule has 4 nitrogen and oxygen atoms in total. The Morgan fingerprint density at radius 2 is 2.25 bits per heavy atom. The van der Waals surface area contributed by atoms with Crippen LogP contribution in [0.5, 0.6) is 0 Å². The average molecular weight is 206 g/mol. The van der Waals surface area contributed by atoms with Crippen molar-refractivity contribution >= 4 is 34.4 Å². The highest BCUT2D eigenvalue weighted by atomic mass is 32.2. The van der Waals surface area contributed by atoms with Gasteiger partial charge in [0.2, 0.25) is 0 Å². The van der Waals surface area contributed by atoms with Crippen molar-refractivity contribution in [1.29, 1.82) is 0 Å². The summed E-state index contributed by atoms with van der Waals surface area (Å²) in [5.41, 5.74) is 0. The molecule has 0 unspecified atom stereocenters. The molecule has 0 radical (unpaired) electrons. The lowest BCUT2D eigenvalue weighted by molar-refractivity contribution is 0.178. The molecule has 2 heterocycles. The molecule has 0 aromatic rings. The van der Waals surface area contributed by atoms with Gasteiger partial charge in [0.15, 0.2) is 0 Å². The zero-order valence-electron chi connectivity index (χ0n) is 6.46. The second kappa shape index (κ2) is 5.21. The molecule has 1 amide bonds. The number of amides is 1. The number of carbonyl (C=O) groups is 1. The molecule has 12 heavy (non-hydrogen) atoms. The van der Waals surface area contributed by atoms with Crippen molar-refractivity contribution in [3.8, 4) is 0 Å². The van der Waals surface area contributed by atoms with Crippen LogP contribution in [0.4, 0.5) is 4.79 Å². The summed E-state index contributed by atoms with van der Waals surface area (Å²) in [6.45, 7) is 2.25. The number of alkyl carbamates (subject to hydrolysis) is 1. The van der Waals surface area contributed by atoms with Crippen molar-refractivity contribution in [3.05, 3.63) is 0 Å². The first-order valence-corrected chi connectivity index (χ1v) is 4.99. The van der Waals surface area contributed by atoms with E-state index in [4.69, 9.17) is 12.2 Å². The van der Waals surface area contributed by atoms with Gasteiger partial charge in [0.25, 0.3) is 0 Å². The second-order valence-corrected chi connectivity index (χ2v) is 3.90. The zero-order chi connectivity index (χ0) is 8.81. The third kappa shape index (κ3) is 3.77. The molecule has 0 spiro atoms. The molecule has 2 aliphatic heterocycles. The van der Waals surface area contributed by atoms with E-state index < -0.39 is 0 Å². The average Bonchev–Trinajstić information content (AvgIpc) is 2.63. The number of hydrogen-bond acceptors (Lipinski definition) is 4. The first kappa shape index (κ1) is 9.60. The molecular weight excluding hydrogens is 196 g/mol. The third-order valence-corrected chi connectivity index (χ3v) is 2.52. The predicted octanol–water partition coefficient (Wildman–Crippen LogP) is 0.334. The Morgan fingerprint density at radius 1 is 1.42 bits per heavy atom. The standard InChI is InChI=1S/C3H5NO2.C3H5NS2/c2*5-3-4-1-2-6-3/h2*1-2H2,(H,4,5). The van der Waals surface area contributed by atoms with Gasteiger partial charge in [-0.2, -0.15) is 0 Å². The topological polar surface area (TPSA) is 50.4 Å². The van der Waals surface area contributed by atoms with Gasteiger partial charge in [-0.25, -0.2) is 4.79 Å². The molecule has 2 N–H and O–H groups in total. The molecule has 0 aromatic heterocycles. The number of cyclic esters (lactones) is 1. The number of thiocarbonyl (C=S) groups is 1. The van der Waals surface area contributed by atoms with Gasteiger partial charge < -0.3 is 15.4 Å². The number of nitrogens with one attached hydrogen (secondary N) is 2. The van der Waals surface area contributed by atoms with Crippen molar-refractivity contribution < 1.29 is 9.53 Å². The van der Waals surface area contributed by atoms with Crippen LogP contribution >= 0.6 is 24.0 Å². The largest absolute Gasteiger partial charge is 0.448 e. The Hall–Kier alpha value is -0.490. The van der Waals surface area contributed by atoms with Gasteiger partial charge in [-0.1, -0.05) is 24.0 Å². The van der Waals surface area contributed by atoms with Gasteiger partial charge in [0.1, 0.15) is 10.9 Å². The fourth-order valence-corrected chi connectivity index (χ4v) is 1.64. The van der Waals surface area contributed by atoms with Crippen LogP contribution in [-0.4, -0.2) is 35.9 Å². The highest BCUT2D eigenvalue weighted by Gasteiger charge is 2.06. The molecule has 0 aliphatic carbocycles. The molecule has 0 atom stereocenters. The predicted molar refractivity (Wildman–Crippen MR) is 52.4 cm³/mol. The number of ether oxygens (including phenoxy) is 1. The summed E-state index contributed by atoms with van der Waals surface area (Å²) in [5.74, 6) is 1.15. The lowest BCUT2D eigenvalue weighted by atomic mass is 10.7. The fourth-order valence-electron chi connectivity index (χ4n) is 0.696. The summed E-state index contributed by atoms with van der Waals surface area (Å²) in [4.78, 5) is 9.91. The Kier molecular flexibility index (Phi) is 4.16. The molecule has 0 saturated carbocycles. The van der Waals surface area contributed by atoms with Gasteiger partial charge in [-0.15, -0.1) is 0 Å². The summed E-state index contributed by atoms with van der Waals surface area (Å²) < 4.78 is 5.36. The summed E-state index contributed by atoms with van der Waals surface area (Å²) >= 11 is 6.49. The van der Waals surface area contributed by atoms with E-state index in [1.165, 1.54) is 0 Å². The van der Waals surface area contributed by atoms with Crippen LogP contribution in [0.2, 0.25) is 0 Å². The van der Waals surface area contributed by atoms with E-state index >= 15 is 0 Å². The van der Waals surface area contributed by atoms with E-state index in [-0.39, 0.29) is 6.09 Å². The molecule has 68 valence electrons. The van der Waals surface area contributed by atoms with E-state index in [0.29, 0.717) is 13.2 Å². The van der Waals surface area contributed by atoms with Crippen LogP contribution in [-0.2, 0) is 4.74 Å². The monoisotopic (exact) mass is 206 g/mol. The fraction of sp³-hybridized carbons (Fsp3) is 0.667. The van der Waals surface area contributed by atoms with E-state index in [0.717, 1.165) is 16.6 Å². The quantitative estimate of drug-likeness (QED) is 0.560. The number of rotatable bonds is 0. The molecule has 2 rings (SSSR count). The van der Waals surface area contributed by atoms with Gasteiger partial charge in [-0.05, 0) is 0 Å². The Labute approximate surface area is 80.4 Å². The van der Waals surface area contributed by atoms with Gasteiger partial charge in [0, 0.05) is 12.3 Å². The van der Waals surface area contributed by atoms with Gasteiger partial charge in [0.05, 0.1) is 6.54 Å². The Morgan fingerprint density at radius 3 is 2.42 bits per heavy atom. The first-order chi connectivity index (χ1) is 5.79. The molecule has 2 fully saturated rings. The summed E-state index contributed by atoms with van der Waals surface area (Å²) in [5, 5.41) is 5.47. The Bertz CT molecular complexity index is 150. The minimum Gasteiger partial charge on any atom is -0.448 e. The summed E-state index contributed by atoms with van der Waals surface area (Å²) in [6.07, 6.45) is -0.296. The highest BCUT2D eigenvalue weighted by molar-refractivity contribution is 8.23. The van der Waals surface area contributed by atoms with Gasteiger partial charge >= 0.3 is 6.09 Å². The smallest absolute Gasteiger partial charge is 0.407 e. The molecule has 0 aromatic carbocycles. The van der Waals surface area contributed by atoms with Crippen LogP contribution < -0.4 is 10.6 Å². The number of carbonyl (C=O) groups excluding carboxylic acids is 1. The Balaban J connectivity index is 0.000000120. The van der Waals surface area contributed by atoms with E-state index in [9.17, 15) is 4.79 Å². The van der Waals surface area contributed by atoms with Crippen molar-refractivity contribution in [1.82, 2.24) is 10.6 Å². The maximum atomic E-state index is 9.91. The van der Waals surface area contributed by atoms with Crippen molar-refractivity contribution in [2.24, 2.45) is 0 Å². The van der Waals surface area contributed by atoms with Gasteiger partial charge in [-0.3, -0.25) is 0 Å². The highest BCUT2D eigenvalue weighted by Crippen LogP contribution is 2.05. The minimum absolute atomic E-state index is 0.296. The van der Waals surface area contributed by atoms with E-state index in [2.05, 4.69) is 15.4 Å². The molecule has 2 saturated heterocycles. The lowest BCUT2D eigenvalue weighted by Crippen LogP contribution is -2.11. The zero-order valence-corrected chi connectivity index (χ0v) is 8.09. The summed E-state index contributed by atoms with van der Waals surface area (Å²) in [6, 6.07) is 0. The molecule has 2 aliphatic rings. The maximum Gasteiger partial charge on any atom is 0.407 e. The van der Waals surface area contributed by atoms with E-state index in [1.807, 2.05) is 0 Å². The maximum absolute atomic E-state index is 9.91. The van der Waals surface area contributed by atoms with Crippen LogP contribution in [0.1, 0.15) is 0 Å². The molecule has 0 bridgehead atoms. The van der Waals surface area contributed by atoms with Crippen molar-refractivity contribution in [2.45, 2.75) is 0 Å².